The van der Waals surface area contributed by atoms with Crippen molar-refractivity contribution in [2.75, 3.05) is 0 Å². The van der Waals surface area contributed by atoms with E-state index in [1.807, 2.05) is 0 Å². The van der Waals surface area contributed by atoms with Crippen molar-refractivity contribution in [2.24, 2.45) is 0 Å². The number of carboxylic acids is 1. The van der Waals surface area contributed by atoms with Crippen molar-refractivity contribution in [3.63, 3.8) is 0 Å². The summed E-state index contributed by atoms with van der Waals surface area (Å²) in [6.45, 7) is 0. The molecule has 0 radical (unpaired) electrons. The average molecular weight is 275 g/mol. The number of para-hydroxylation sites is 1. The average Bonchev–Trinajstić information content (AvgIpc) is 2.75. The molecule has 0 bridgehead atoms. The first-order valence-corrected chi connectivity index (χ1v) is 6.94. The van der Waals surface area contributed by atoms with E-state index in [1.165, 1.54) is 0 Å². The van der Waals surface area contributed by atoms with Crippen LogP contribution >= 0.6 is 0 Å². The number of hydrogen-bond donors (Lipinski definition) is 2. The van der Waals surface area contributed by atoms with Gasteiger partial charge in [0.05, 0.1) is 17.7 Å². The molecule has 0 aliphatic heterocycles. The van der Waals surface area contributed by atoms with Crippen LogP contribution in [-0.2, 0) is 0 Å². The van der Waals surface area contributed by atoms with Gasteiger partial charge >= 0.3 is 5.97 Å². The van der Waals surface area contributed by atoms with Crippen LogP contribution in [0.4, 0.5) is 0 Å². The highest BCUT2D eigenvalue weighted by molar-refractivity contribution is 6.00. The number of carboxylic acid groups (broad SMARTS) is 1. The fraction of sp³-hybridized carbons (Fsp3) is 0.500. The summed E-state index contributed by atoms with van der Waals surface area (Å²) in [5.74, 6) is -0.998. The zero-order valence-electron chi connectivity index (χ0n) is 11.1. The Hall–Kier alpha value is -1.95. The molecule has 0 saturated heterocycles. The Morgan fingerprint density at radius 3 is 2.85 bits per heavy atom. The maximum absolute atomic E-state index is 11.4. The fourth-order valence-electron chi connectivity index (χ4n) is 2.95. The Labute approximate surface area is 116 Å². The van der Waals surface area contributed by atoms with E-state index in [-0.39, 0.29) is 11.6 Å². The molecule has 1 heterocycles. The normalized spacial score (nSPS) is 23.6. The van der Waals surface area contributed by atoms with Crippen molar-refractivity contribution in [3.8, 4) is 0 Å². The molecule has 2 aromatic rings. The van der Waals surface area contributed by atoms with E-state index in [0.717, 1.165) is 32.1 Å². The second-order valence-corrected chi connectivity index (χ2v) is 5.29. The summed E-state index contributed by atoms with van der Waals surface area (Å²) < 4.78 is 1.61. The molecule has 1 aliphatic carbocycles. The third kappa shape index (κ3) is 2.16. The van der Waals surface area contributed by atoms with Gasteiger partial charge in [-0.3, -0.25) is 0 Å². The Morgan fingerprint density at radius 2 is 2.05 bits per heavy atom. The maximum atomic E-state index is 11.4. The first kappa shape index (κ1) is 13.1. The Kier molecular flexibility index (Phi) is 3.40. The summed E-state index contributed by atoms with van der Waals surface area (Å²) in [7, 11) is 0. The predicted molar refractivity (Wildman–Crippen MR) is 72.6 cm³/mol. The van der Waals surface area contributed by atoms with Crippen LogP contribution in [0.3, 0.4) is 0 Å². The first-order chi connectivity index (χ1) is 9.68. The van der Waals surface area contributed by atoms with E-state index in [4.69, 9.17) is 0 Å². The lowest BCUT2D eigenvalue weighted by atomic mass is 10.1. The van der Waals surface area contributed by atoms with Crippen LogP contribution in [0.5, 0.6) is 0 Å². The van der Waals surface area contributed by atoms with Crippen molar-refractivity contribution in [1.82, 2.24) is 15.0 Å². The highest BCUT2D eigenvalue weighted by Gasteiger charge is 2.27. The SMILES string of the molecule is O=C(O)c1cccc2nnn(C3CCCCCC3O)c12. The van der Waals surface area contributed by atoms with Crippen molar-refractivity contribution in [3.05, 3.63) is 23.8 Å². The molecule has 0 spiro atoms. The number of nitrogens with zero attached hydrogens (tertiary/aromatic N) is 3. The van der Waals surface area contributed by atoms with Gasteiger partial charge in [0.25, 0.3) is 0 Å². The van der Waals surface area contributed by atoms with Crippen molar-refractivity contribution in [1.29, 1.82) is 0 Å². The molecule has 20 heavy (non-hydrogen) atoms. The summed E-state index contributed by atoms with van der Waals surface area (Å²) >= 11 is 0. The van der Waals surface area contributed by atoms with Gasteiger partial charge in [0, 0.05) is 0 Å². The van der Waals surface area contributed by atoms with Crippen LogP contribution in [-0.4, -0.2) is 37.3 Å². The number of benzene rings is 1. The summed E-state index contributed by atoms with van der Waals surface area (Å²) in [6, 6.07) is 4.76. The zero-order valence-corrected chi connectivity index (χ0v) is 11.1. The van der Waals surface area contributed by atoms with Gasteiger partial charge in [0.2, 0.25) is 0 Å². The van der Waals surface area contributed by atoms with Crippen LogP contribution in [0.25, 0.3) is 11.0 Å². The highest BCUT2D eigenvalue weighted by Crippen LogP contribution is 2.30. The van der Waals surface area contributed by atoms with Crippen LogP contribution in [0, 0.1) is 0 Å². The minimum Gasteiger partial charge on any atom is -0.478 e. The lowest BCUT2D eigenvalue weighted by Gasteiger charge is -2.21. The molecule has 1 saturated carbocycles. The molecule has 2 unspecified atom stereocenters. The van der Waals surface area contributed by atoms with E-state index in [0.29, 0.717) is 11.0 Å². The van der Waals surface area contributed by atoms with Gasteiger partial charge in [0.15, 0.2) is 0 Å². The van der Waals surface area contributed by atoms with Gasteiger partial charge in [-0.2, -0.15) is 0 Å². The molecule has 106 valence electrons. The number of aliphatic hydroxyl groups excluding tert-OH is 1. The summed E-state index contributed by atoms with van der Waals surface area (Å²) in [4.78, 5) is 11.4. The van der Waals surface area contributed by atoms with Gasteiger partial charge < -0.3 is 10.2 Å². The van der Waals surface area contributed by atoms with Crippen molar-refractivity contribution < 1.29 is 15.0 Å². The summed E-state index contributed by atoms with van der Waals surface area (Å²) in [5.41, 5.74) is 1.25. The number of aliphatic hydroxyl groups is 1. The van der Waals surface area contributed by atoms with E-state index in [2.05, 4.69) is 10.3 Å². The van der Waals surface area contributed by atoms with Gasteiger partial charge in [0.1, 0.15) is 11.0 Å². The quantitative estimate of drug-likeness (QED) is 0.818. The van der Waals surface area contributed by atoms with E-state index < -0.39 is 12.1 Å². The van der Waals surface area contributed by atoms with Gasteiger partial charge in [-0.05, 0) is 25.0 Å². The molecule has 1 aliphatic rings. The number of aromatic nitrogens is 3. The Morgan fingerprint density at radius 1 is 1.25 bits per heavy atom. The molecule has 6 heteroatoms. The van der Waals surface area contributed by atoms with Crippen LogP contribution in [0.2, 0.25) is 0 Å². The minimum absolute atomic E-state index is 0.184. The molecule has 1 aromatic heterocycles. The van der Waals surface area contributed by atoms with E-state index in [1.54, 1.807) is 22.9 Å². The van der Waals surface area contributed by atoms with E-state index >= 15 is 0 Å². The minimum atomic E-state index is -0.998. The molecular weight excluding hydrogens is 258 g/mol. The van der Waals surface area contributed by atoms with Crippen LogP contribution < -0.4 is 0 Å². The standard InChI is InChI=1S/C14H17N3O3/c18-12-8-3-1-2-7-11(12)17-13-9(14(19)20)5-4-6-10(13)15-16-17/h4-6,11-12,18H,1-3,7-8H2,(H,19,20). The van der Waals surface area contributed by atoms with Gasteiger partial charge in [-0.1, -0.05) is 30.5 Å². The van der Waals surface area contributed by atoms with Crippen molar-refractivity contribution >= 4 is 17.0 Å². The molecule has 6 nitrogen and oxygen atoms in total. The number of rotatable bonds is 2. The topological polar surface area (TPSA) is 88.2 Å². The maximum Gasteiger partial charge on any atom is 0.337 e. The Balaban J connectivity index is 2.13. The Bertz CT molecular complexity index is 638. The zero-order chi connectivity index (χ0) is 14.1. The predicted octanol–water partition coefficient (Wildman–Crippen LogP) is 2.00. The molecule has 1 fully saturated rings. The molecule has 0 amide bonds. The van der Waals surface area contributed by atoms with Crippen LogP contribution in [0.1, 0.15) is 48.5 Å². The summed E-state index contributed by atoms with van der Waals surface area (Å²) in [6.07, 6.45) is 4.12. The second kappa shape index (κ2) is 5.20. The highest BCUT2D eigenvalue weighted by atomic mass is 16.4. The largest absolute Gasteiger partial charge is 0.478 e. The monoisotopic (exact) mass is 275 g/mol. The number of aromatic carboxylic acids is 1. The third-order valence-electron chi connectivity index (χ3n) is 3.98. The first-order valence-electron chi connectivity index (χ1n) is 6.94. The van der Waals surface area contributed by atoms with Crippen molar-refractivity contribution in [2.45, 2.75) is 44.2 Å². The number of fused-ring (bicyclic) bond motifs is 1. The van der Waals surface area contributed by atoms with Gasteiger partial charge in [-0.25, -0.2) is 9.48 Å². The number of hydrogen-bond acceptors (Lipinski definition) is 4. The molecule has 3 rings (SSSR count). The summed E-state index contributed by atoms with van der Waals surface area (Å²) in [5, 5.41) is 27.7. The smallest absolute Gasteiger partial charge is 0.337 e. The fourth-order valence-corrected chi connectivity index (χ4v) is 2.95. The molecule has 2 N–H and O–H groups in total. The number of carbonyl (C=O) groups is 1. The molecule has 2 atom stereocenters. The van der Waals surface area contributed by atoms with Gasteiger partial charge in [-0.15, -0.1) is 5.10 Å². The second-order valence-electron chi connectivity index (χ2n) is 5.29. The lowest BCUT2D eigenvalue weighted by molar-refractivity contribution is 0.0696. The lowest BCUT2D eigenvalue weighted by Crippen LogP contribution is -2.24. The molecular formula is C14H17N3O3. The van der Waals surface area contributed by atoms with Crippen LogP contribution in [0.15, 0.2) is 18.2 Å². The van der Waals surface area contributed by atoms with E-state index in [9.17, 15) is 15.0 Å². The third-order valence-corrected chi connectivity index (χ3v) is 3.98. The molecule has 1 aromatic carbocycles.